The summed E-state index contributed by atoms with van der Waals surface area (Å²) in [5.41, 5.74) is 9.05. The predicted molar refractivity (Wildman–Crippen MR) is 221 cm³/mol. The average Bonchev–Trinajstić information content (AvgIpc) is 3.21. The lowest BCUT2D eigenvalue weighted by Gasteiger charge is -2.40. The van der Waals surface area contributed by atoms with Gasteiger partial charge in [0.25, 0.3) is 0 Å². The quantitative estimate of drug-likeness (QED) is 0.169. The Labute approximate surface area is 318 Å². The highest BCUT2D eigenvalue weighted by Crippen LogP contribution is 2.53. The SMILES string of the molecule is [2H]C([2H])([2H])c1c(-c2ccc(C)c(-c3cccc4c3Sc3ccccc3C(C)(C)[Si]4(C)C)c2C)ccc(C)c1-c1cccc2c1Oc1ccccc1C2(C)C([2H])([2H])[2H]. The van der Waals surface area contributed by atoms with Crippen LogP contribution in [0.15, 0.2) is 119 Å². The largest absolute Gasteiger partial charge is 0.456 e. The van der Waals surface area contributed by atoms with Gasteiger partial charge in [0.1, 0.15) is 11.5 Å². The minimum absolute atomic E-state index is 0.0112. The Morgan fingerprint density at radius 2 is 1.22 bits per heavy atom. The van der Waals surface area contributed by atoms with Crippen LogP contribution < -0.4 is 9.92 Å². The zero-order valence-electron chi connectivity index (χ0n) is 36.7. The van der Waals surface area contributed by atoms with Gasteiger partial charge in [0.2, 0.25) is 0 Å². The lowest BCUT2D eigenvalue weighted by atomic mass is 9.74. The number of aryl methyl sites for hydroxylation is 2. The van der Waals surface area contributed by atoms with Crippen LogP contribution in [0.25, 0.3) is 33.4 Å². The van der Waals surface area contributed by atoms with Gasteiger partial charge < -0.3 is 4.74 Å². The van der Waals surface area contributed by atoms with Gasteiger partial charge in [-0.1, -0.05) is 150 Å². The van der Waals surface area contributed by atoms with E-state index in [-0.39, 0.29) is 10.6 Å². The molecule has 0 N–H and O–H groups in total. The molecule has 0 amide bonds. The number of rotatable bonds is 3. The predicted octanol–water partition coefficient (Wildman–Crippen LogP) is 13.2. The average molecular weight is 707 g/mol. The third-order valence-electron chi connectivity index (χ3n) is 12.1. The molecule has 6 aromatic carbocycles. The van der Waals surface area contributed by atoms with E-state index in [1.807, 2.05) is 61.2 Å². The van der Waals surface area contributed by atoms with Gasteiger partial charge in [-0.2, -0.15) is 0 Å². The normalized spacial score (nSPS) is 20.3. The van der Waals surface area contributed by atoms with Crippen LogP contribution in [0.2, 0.25) is 13.1 Å². The molecule has 51 heavy (non-hydrogen) atoms. The Morgan fingerprint density at radius 3 is 1.94 bits per heavy atom. The van der Waals surface area contributed by atoms with Crippen LogP contribution in [0.3, 0.4) is 0 Å². The van der Waals surface area contributed by atoms with Crippen molar-refractivity contribution in [2.75, 3.05) is 0 Å². The summed E-state index contributed by atoms with van der Waals surface area (Å²) >= 11 is 1.86. The standard InChI is InChI=1S/C48H48OSSi/c1-29-25-27-33(31(3)43(29)35-17-15-21-39-45(35)49-40-22-13-11-19-37(40)47(39,5)6)34-28-26-30(2)44(32(34)4)36-18-16-24-42-46(36)50-41-23-14-12-20-38(41)48(7,8)51(42,9)10/h11-28H,1-10H3/i3D3,5D3. The van der Waals surface area contributed by atoms with Crippen molar-refractivity contribution in [1.82, 2.24) is 0 Å². The number of hydrogen-bond donors (Lipinski definition) is 0. The maximum atomic E-state index is 9.12. The minimum atomic E-state index is -2.53. The van der Waals surface area contributed by atoms with Crippen LogP contribution in [0.1, 0.15) is 74.8 Å². The number of benzene rings is 6. The van der Waals surface area contributed by atoms with E-state index in [1.54, 1.807) is 19.1 Å². The highest BCUT2D eigenvalue weighted by atomic mass is 32.2. The smallest absolute Gasteiger partial charge is 0.139 e. The molecule has 0 radical (unpaired) electrons. The summed E-state index contributed by atoms with van der Waals surface area (Å²) in [6.45, 7) is 12.7. The van der Waals surface area contributed by atoms with Gasteiger partial charge in [-0.3, -0.25) is 0 Å². The summed E-state index contributed by atoms with van der Waals surface area (Å²) < 4.78 is 60.3. The zero-order valence-corrected chi connectivity index (χ0v) is 32.5. The third kappa shape index (κ3) is 4.95. The molecule has 0 saturated heterocycles. The number of para-hydroxylation sites is 2. The monoisotopic (exact) mass is 706 g/mol. The van der Waals surface area contributed by atoms with Crippen molar-refractivity contribution in [3.05, 3.63) is 148 Å². The van der Waals surface area contributed by atoms with Gasteiger partial charge in [-0.05, 0) is 106 Å². The molecule has 0 saturated carbocycles. The Morgan fingerprint density at radius 1 is 0.608 bits per heavy atom. The number of fused-ring (bicyclic) bond motifs is 4. The van der Waals surface area contributed by atoms with Crippen molar-refractivity contribution in [2.45, 2.75) is 88.6 Å². The molecular formula is C48H48OSSi. The second kappa shape index (κ2) is 11.9. The van der Waals surface area contributed by atoms with E-state index >= 15 is 0 Å². The molecule has 8 rings (SSSR count). The van der Waals surface area contributed by atoms with Crippen molar-refractivity contribution in [3.63, 3.8) is 0 Å². The molecule has 0 aromatic heterocycles. The van der Waals surface area contributed by atoms with Crippen molar-refractivity contribution in [2.24, 2.45) is 0 Å². The fraction of sp³-hybridized carbons (Fsp3) is 0.250. The van der Waals surface area contributed by atoms with Gasteiger partial charge >= 0.3 is 0 Å². The second-order valence-electron chi connectivity index (χ2n) is 15.5. The van der Waals surface area contributed by atoms with Crippen LogP contribution in [0, 0.1) is 27.6 Å². The summed E-state index contributed by atoms with van der Waals surface area (Å²) in [5, 5.41) is 1.42. The first-order chi connectivity index (χ1) is 26.7. The minimum Gasteiger partial charge on any atom is -0.456 e. The van der Waals surface area contributed by atoms with Crippen LogP contribution in [-0.4, -0.2) is 8.07 Å². The number of ether oxygens (including phenoxy) is 1. The Balaban J connectivity index is 1.38. The highest BCUT2D eigenvalue weighted by molar-refractivity contribution is 7.99. The zero-order chi connectivity index (χ0) is 41.0. The Bertz CT molecular complexity index is 2620. The Hall–Kier alpha value is -4.31. The van der Waals surface area contributed by atoms with Crippen LogP contribution in [0.5, 0.6) is 11.5 Å². The lowest BCUT2D eigenvalue weighted by Crippen LogP contribution is -2.57. The van der Waals surface area contributed by atoms with Crippen LogP contribution >= 0.6 is 11.8 Å². The molecule has 0 spiro atoms. The molecule has 1 atom stereocenters. The van der Waals surface area contributed by atoms with Crippen LogP contribution in [0.4, 0.5) is 0 Å². The van der Waals surface area contributed by atoms with Gasteiger partial charge in [0.05, 0.1) is 8.07 Å². The summed E-state index contributed by atoms with van der Waals surface area (Å²) in [6.07, 6.45) is 0. The maximum Gasteiger partial charge on any atom is 0.139 e. The fourth-order valence-corrected chi connectivity index (χ4v) is 13.5. The summed E-state index contributed by atoms with van der Waals surface area (Å²) in [7, 11) is -2.10. The van der Waals surface area contributed by atoms with Crippen molar-refractivity contribution < 1.29 is 13.0 Å². The van der Waals surface area contributed by atoms with Gasteiger partial charge in [0.15, 0.2) is 0 Å². The molecule has 0 aliphatic carbocycles. The van der Waals surface area contributed by atoms with Crippen molar-refractivity contribution in [3.8, 4) is 44.9 Å². The molecule has 2 aliphatic heterocycles. The van der Waals surface area contributed by atoms with Crippen LogP contribution in [-0.2, 0) is 10.5 Å². The van der Waals surface area contributed by atoms with Gasteiger partial charge in [0, 0.05) is 40.1 Å². The first kappa shape index (κ1) is 27.4. The van der Waals surface area contributed by atoms with Gasteiger partial charge in [-0.15, -0.1) is 0 Å². The molecule has 2 heterocycles. The summed E-state index contributed by atoms with van der Waals surface area (Å²) in [5.74, 6) is 0.831. The molecule has 0 bridgehead atoms. The molecule has 1 unspecified atom stereocenters. The summed E-state index contributed by atoms with van der Waals surface area (Å²) in [4.78, 5) is 2.56. The van der Waals surface area contributed by atoms with E-state index < -0.39 is 27.2 Å². The highest BCUT2D eigenvalue weighted by Gasteiger charge is 2.46. The lowest BCUT2D eigenvalue weighted by molar-refractivity contribution is 0.419. The van der Waals surface area contributed by atoms with Crippen molar-refractivity contribution in [1.29, 1.82) is 0 Å². The molecule has 6 aromatic rings. The van der Waals surface area contributed by atoms with E-state index in [2.05, 4.69) is 95.4 Å². The van der Waals surface area contributed by atoms with Gasteiger partial charge in [-0.25, -0.2) is 0 Å². The third-order valence-corrected chi connectivity index (χ3v) is 18.7. The fourth-order valence-electron chi connectivity index (χ4n) is 8.48. The van der Waals surface area contributed by atoms with E-state index in [9.17, 15) is 0 Å². The second-order valence-corrected chi connectivity index (χ2v) is 21.6. The summed E-state index contributed by atoms with van der Waals surface area (Å²) in [6, 6.07) is 36.4. The maximum absolute atomic E-state index is 9.12. The first-order valence-electron chi connectivity index (χ1n) is 20.8. The molecule has 1 nitrogen and oxygen atoms in total. The number of hydrogen-bond acceptors (Lipinski definition) is 2. The topological polar surface area (TPSA) is 9.23 Å². The van der Waals surface area contributed by atoms with E-state index in [0.29, 0.717) is 39.3 Å². The molecule has 256 valence electrons. The van der Waals surface area contributed by atoms with E-state index in [1.165, 1.54) is 26.1 Å². The molecule has 3 heteroatoms. The molecule has 0 fully saturated rings. The van der Waals surface area contributed by atoms with Crippen molar-refractivity contribution >= 4 is 25.0 Å². The van der Waals surface area contributed by atoms with E-state index in [4.69, 9.17) is 13.0 Å². The molecule has 2 aliphatic rings. The Kier molecular flexibility index (Phi) is 6.36. The molecular weight excluding hydrogens is 653 g/mol. The van der Waals surface area contributed by atoms with E-state index in [0.717, 1.165) is 27.8 Å². The first-order valence-corrected chi connectivity index (χ1v) is 21.6.